The number of aromatic nitrogens is 4. The first-order valence-corrected chi connectivity index (χ1v) is 11.9. The smallest absolute Gasteiger partial charge is 0.0513 e. The molecule has 3 heterocycles. The van der Waals surface area contributed by atoms with Gasteiger partial charge in [0.1, 0.15) is 0 Å². The molecule has 2 aromatic rings. The van der Waals surface area contributed by atoms with E-state index < -0.39 is 32.6 Å². The predicted molar refractivity (Wildman–Crippen MR) is 105 cm³/mol. The Hall–Kier alpha value is -1.46. The molecule has 1 saturated heterocycles. The molecule has 1 saturated carbocycles. The van der Waals surface area contributed by atoms with E-state index >= 15 is 0 Å². The molecule has 4 rings (SSSR count). The molecule has 1 aliphatic heterocycles. The van der Waals surface area contributed by atoms with Gasteiger partial charge in [0.25, 0.3) is 0 Å². The topological polar surface area (TPSA) is 146 Å². The second-order valence-corrected chi connectivity index (χ2v) is 9.64. The Balaban J connectivity index is 1.49. The Morgan fingerprint density at radius 3 is 2.76 bits per heavy atom. The molecule has 4 N–H and O–H groups in total. The van der Waals surface area contributed by atoms with E-state index in [2.05, 4.69) is 20.0 Å². The van der Waals surface area contributed by atoms with Gasteiger partial charge in [-0.2, -0.15) is 0 Å². The number of aliphatic hydroxyl groups is 1. The standard InChI is InChI=1S/C17H28N5O6P/c1-21(11-4-2-3-5-11)16-17-18-7-12(22(17)20-9-19-16)14-6-13(23)15(28-14)8-27-10-29(24,25)26/h7,9,11,13-15,23-26,29H,2-6,8,10H2,1H3/t13-,14+,15+/m0/s1. The zero-order valence-electron chi connectivity index (χ0n) is 16.3. The van der Waals surface area contributed by atoms with Crippen LogP contribution in [-0.4, -0.2) is 77.6 Å². The van der Waals surface area contributed by atoms with Gasteiger partial charge in [-0.15, -0.1) is 0 Å². The van der Waals surface area contributed by atoms with E-state index in [9.17, 15) is 5.11 Å². The number of hydrogen-bond acceptors (Lipinski definition) is 10. The van der Waals surface area contributed by atoms with Crippen LogP contribution in [-0.2, 0) is 9.47 Å². The van der Waals surface area contributed by atoms with Gasteiger partial charge in [0.15, 0.2) is 0 Å². The zero-order valence-corrected chi connectivity index (χ0v) is 17.3. The van der Waals surface area contributed by atoms with Crippen molar-refractivity contribution in [2.75, 3.05) is 24.9 Å². The van der Waals surface area contributed by atoms with Crippen LogP contribution >= 0.6 is 7.94 Å². The van der Waals surface area contributed by atoms with Gasteiger partial charge in [-0.05, 0) is 12.8 Å². The number of rotatable bonds is 7. The van der Waals surface area contributed by atoms with Crippen LogP contribution in [0.5, 0.6) is 0 Å². The number of hydrogen-bond donors (Lipinski definition) is 4. The molecular formula is C17H28N5O6P. The molecule has 0 spiro atoms. The van der Waals surface area contributed by atoms with Crippen molar-refractivity contribution in [3.63, 3.8) is 0 Å². The summed E-state index contributed by atoms with van der Waals surface area (Å²) in [4.78, 5) is 38.2. The fourth-order valence-electron chi connectivity index (χ4n) is 4.14. The summed E-state index contributed by atoms with van der Waals surface area (Å²) in [6.07, 6.45) is 5.79. The van der Waals surface area contributed by atoms with Crippen molar-refractivity contribution >= 4 is 19.4 Å². The summed E-state index contributed by atoms with van der Waals surface area (Å²) < 4.78 is 12.7. The molecule has 29 heavy (non-hydrogen) atoms. The van der Waals surface area contributed by atoms with E-state index in [4.69, 9.17) is 24.2 Å². The summed E-state index contributed by atoms with van der Waals surface area (Å²) in [5, 5.41) is 14.6. The van der Waals surface area contributed by atoms with Gasteiger partial charge >= 0.3 is 142 Å². The normalized spacial score (nSPS) is 26.4. The summed E-state index contributed by atoms with van der Waals surface area (Å²) in [6.45, 7) is -0.0600. The second-order valence-electron chi connectivity index (χ2n) is 7.81. The van der Waals surface area contributed by atoms with E-state index in [-0.39, 0.29) is 6.61 Å². The number of imidazole rings is 1. The molecule has 12 heteroatoms. The number of ether oxygens (including phenoxy) is 2. The SMILES string of the molecule is CN(c1ncnn2c([C@H]3C[C@H](O)[C@@H](COC[PH](O)(O)O)O3)cnc12)C1CCCC1. The molecular weight excluding hydrogens is 401 g/mol. The van der Waals surface area contributed by atoms with Gasteiger partial charge in [0.2, 0.25) is 0 Å². The third-order valence-electron chi connectivity index (χ3n) is 5.65. The Bertz CT molecular complexity index is 839. The third kappa shape index (κ3) is 4.51. The minimum Gasteiger partial charge on any atom is -0.0513 e. The maximum absolute atomic E-state index is 10.3. The fraction of sp³-hybridized carbons (Fsp3) is 0.706. The van der Waals surface area contributed by atoms with Crippen molar-refractivity contribution in [2.24, 2.45) is 0 Å². The molecule has 11 nitrogen and oxygen atoms in total. The quantitative estimate of drug-likeness (QED) is 0.448. The number of aliphatic hydroxyl groups excluding tert-OH is 1. The average molecular weight is 429 g/mol. The summed E-state index contributed by atoms with van der Waals surface area (Å²) >= 11 is 0. The van der Waals surface area contributed by atoms with Crippen molar-refractivity contribution in [1.82, 2.24) is 19.6 Å². The molecule has 2 fully saturated rings. The van der Waals surface area contributed by atoms with Gasteiger partial charge in [0.05, 0.1) is 0 Å². The van der Waals surface area contributed by atoms with Crippen LogP contribution in [0.1, 0.15) is 43.9 Å². The number of fused-ring (bicyclic) bond motifs is 1. The molecule has 2 aliphatic rings. The van der Waals surface area contributed by atoms with E-state index in [1.165, 1.54) is 19.2 Å². The number of anilines is 1. The Morgan fingerprint density at radius 2 is 2.03 bits per heavy atom. The molecule has 162 valence electrons. The molecule has 0 unspecified atom stereocenters. The van der Waals surface area contributed by atoms with Crippen molar-refractivity contribution < 1.29 is 29.3 Å². The van der Waals surface area contributed by atoms with Crippen LogP contribution in [0.2, 0.25) is 0 Å². The van der Waals surface area contributed by atoms with Crippen LogP contribution in [0.4, 0.5) is 5.82 Å². The Morgan fingerprint density at radius 1 is 1.28 bits per heavy atom. The van der Waals surface area contributed by atoms with Gasteiger partial charge in [-0.25, -0.2) is 0 Å². The maximum atomic E-state index is 10.3. The Labute approximate surface area is 168 Å². The summed E-state index contributed by atoms with van der Waals surface area (Å²) in [6, 6.07) is 0.445. The Kier molecular flexibility index (Phi) is 5.99. The minimum absolute atomic E-state index is 0.0600. The minimum atomic E-state index is -4.28. The molecule has 3 atom stereocenters. The third-order valence-corrected chi connectivity index (χ3v) is 6.24. The monoisotopic (exact) mass is 429 g/mol. The first-order valence-electron chi connectivity index (χ1n) is 9.83. The first kappa shape index (κ1) is 20.8. The molecule has 2 aromatic heterocycles. The van der Waals surface area contributed by atoms with Gasteiger partial charge < -0.3 is 0 Å². The summed E-state index contributed by atoms with van der Waals surface area (Å²) in [7, 11) is -2.25. The van der Waals surface area contributed by atoms with E-state index in [0.717, 1.165) is 18.7 Å². The second kappa shape index (κ2) is 8.35. The summed E-state index contributed by atoms with van der Waals surface area (Å²) in [5.74, 6) is 0.770. The molecule has 1 aliphatic carbocycles. The van der Waals surface area contributed by atoms with Crippen molar-refractivity contribution in [2.45, 2.75) is 56.5 Å². The first-order chi connectivity index (χ1) is 13.8. The van der Waals surface area contributed by atoms with Crippen molar-refractivity contribution in [3.05, 3.63) is 18.2 Å². The van der Waals surface area contributed by atoms with Crippen LogP contribution in [0.3, 0.4) is 0 Å². The van der Waals surface area contributed by atoms with Gasteiger partial charge in [0, 0.05) is 0 Å². The molecule has 0 aromatic carbocycles. The fourth-order valence-corrected chi connectivity index (χ4v) is 4.53. The van der Waals surface area contributed by atoms with Crippen LogP contribution in [0, 0.1) is 0 Å². The summed E-state index contributed by atoms with van der Waals surface area (Å²) in [5.41, 5.74) is 1.35. The van der Waals surface area contributed by atoms with Crippen LogP contribution in [0.15, 0.2) is 12.5 Å². The molecule has 0 bridgehead atoms. The molecule has 0 radical (unpaired) electrons. The van der Waals surface area contributed by atoms with E-state index in [1.807, 2.05) is 7.05 Å². The van der Waals surface area contributed by atoms with E-state index in [0.29, 0.717) is 23.8 Å². The van der Waals surface area contributed by atoms with Crippen LogP contribution < -0.4 is 4.90 Å². The average Bonchev–Trinajstić information content (AvgIpc) is 3.39. The van der Waals surface area contributed by atoms with E-state index in [1.54, 1.807) is 10.7 Å². The van der Waals surface area contributed by atoms with Gasteiger partial charge in [-0.3, -0.25) is 0 Å². The van der Waals surface area contributed by atoms with Crippen molar-refractivity contribution in [3.8, 4) is 0 Å². The number of nitrogens with zero attached hydrogens (tertiary/aromatic N) is 5. The van der Waals surface area contributed by atoms with Crippen LogP contribution in [0.25, 0.3) is 5.65 Å². The zero-order chi connectivity index (χ0) is 20.6. The van der Waals surface area contributed by atoms with Crippen molar-refractivity contribution in [1.29, 1.82) is 0 Å². The predicted octanol–water partition coefficient (Wildman–Crippen LogP) is 0.140. The van der Waals surface area contributed by atoms with Gasteiger partial charge in [-0.1, -0.05) is 12.8 Å². The molecule has 0 amide bonds.